The lowest BCUT2D eigenvalue weighted by Gasteiger charge is -2.39. The van der Waals surface area contributed by atoms with E-state index in [2.05, 4.69) is 4.72 Å². The normalized spacial score (nSPS) is 19.4. The van der Waals surface area contributed by atoms with Crippen LogP contribution in [0.25, 0.3) is 0 Å². The molecule has 4 rings (SSSR count). The van der Waals surface area contributed by atoms with Gasteiger partial charge in [-0.3, -0.25) is 4.79 Å². The van der Waals surface area contributed by atoms with E-state index in [0.29, 0.717) is 44.3 Å². The molecule has 0 unspecified atom stereocenters. The van der Waals surface area contributed by atoms with Crippen LogP contribution < -0.4 is 4.72 Å². The summed E-state index contributed by atoms with van der Waals surface area (Å²) in [4.78, 5) is 15.2. The van der Waals surface area contributed by atoms with E-state index in [1.54, 1.807) is 11.0 Å². The largest absolute Gasteiger partial charge is 0.416 e. The molecule has 1 saturated carbocycles. The molecular weight excluding hydrogens is 472 g/mol. The van der Waals surface area contributed by atoms with Gasteiger partial charge >= 0.3 is 6.18 Å². The first kappa shape index (κ1) is 24.7. The highest BCUT2D eigenvalue weighted by molar-refractivity contribution is 7.89. The van der Waals surface area contributed by atoms with E-state index in [1.807, 2.05) is 0 Å². The summed E-state index contributed by atoms with van der Waals surface area (Å²) in [6, 6.07) is 9.18. The van der Waals surface area contributed by atoms with Gasteiger partial charge in [-0.2, -0.15) is 13.2 Å². The maximum atomic E-state index is 13.6. The van der Waals surface area contributed by atoms with E-state index in [9.17, 15) is 30.8 Å². The van der Waals surface area contributed by atoms with Crippen molar-refractivity contribution in [2.24, 2.45) is 0 Å². The van der Waals surface area contributed by atoms with Gasteiger partial charge in [-0.05, 0) is 61.6 Å². The molecule has 0 aromatic heterocycles. The smallest absolute Gasteiger partial charge is 0.342 e. The van der Waals surface area contributed by atoms with Crippen LogP contribution in [0.15, 0.2) is 53.4 Å². The molecule has 1 N–H and O–H groups in total. The zero-order valence-corrected chi connectivity index (χ0v) is 19.3. The van der Waals surface area contributed by atoms with Crippen LogP contribution in [0.1, 0.15) is 49.7 Å². The molecule has 2 fully saturated rings. The summed E-state index contributed by atoms with van der Waals surface area (Å²) in [6.07, 6.45) is -1.23. The second-order valence-corrected chi connectivity index (χ2v) is 10.7. The third-order valence-corrected chi connectivity index (χ3v) is 8.37. The van der Waals surface area contributed by atoms with Crippen molar-refractivity contribution in [3.05, 3.63) is 65.5 Å². The van der Waals surface area contributed by atoms with Gasteiger partial charge in [0.25, 0.3) is 0 Å². The van der Waals surface area contributed by atoms with Gasteiger partial charge in [0, 0.05) is 19.1 Å². The Hall–Kier alpha value is -2.46. The summed E-state index contributed by atoms with van der Waals surface area (Å²) < 4.78 is 80.7. The number of benzene rings is 2. The van der Waals surface area contributed by atoms with Crippen molar-refractivity contribution in [3.8, 4) is 0 Å². The average molecular weight is 499 g/mol. The molecule has 1 heterocycles. The Balaban J connectivity index is 1.46. The van der Waals surface area contributed by atoms with Gasteiger partial charge in [-0.25, -0.2) is 17.5 Å². The van der Waals surface area contributed by atoms with Crippen molar-refractivity contribution in [1.82, 2.24) is 9.62 Å². The van der Waals surface area contributed by atoms with E-state index in [-0.39, 0.29) is 10.8 Å². The average Bonchev–Trinajstić information content (AvgIpc) is 3.30. The highest BCUT2D eigenvalue weighted by Gasteiger charge is 2.46. The van der Waals surface area contributed by atoms with Crippen molar-refractivity contribution < 1.29 is 30.8 Å². The number of halogens is 4. The van der Waals surface area contributed by atoms with Crippen LogP contribution in [0.3, 0.4) is 0 Å². The van der Waals surface area contributed by atoms with E-state index >= 15 is 0 Å². The van der Waals surface area contributed by atoms with Crippen LogP contribution in [0.5, 0.6) is 0 Å². The zero-order chi connectivity index (χ0) is 24.6. The summed E-state index contributed by atoms with van der Waals surface area (Å²) >= 11 is 0. The lowest BCUT2D eigenvalue weighted by Crippen LogP contribution is -2.51. The first-order valence-electron chi connectivity index (χ1n) is 11.3. The lowest BCUT2D eigenvalue weighted by molar-refractivity contribution is -0.140. The number of nitrogens with one attached hydrogen (secondary N) is 1. The van der Waals surface area contributed by atoms with Crippen molar-refractivity contribution in [3.63, 3.8) is 0 Å². The molecule has 1 amide bonds. The fourth-order valence-electron chi connectivity index (χ4n) is 5.00. The van der Waals surface area contributed by atoms with E-state index < -0.39 is 39.0 Å². The van der Waals surface area contributed by atoms with Crippen LogP contribution in [-0.4, -0.2) is 38.4 Å². The van der Waals surface area contributed by atoms with E-state index in [4.69, 9.17) is 0 Å². The molecule has 1 aliphatic heterocycles. The third-order valence-electron chi connectivity index (χ3n) is 6.84. The predicted octanol–water partition coefficient (Wildman–Crippen LogP) is 4.63. The summed E-state index contributed by atoms with van der Waals surface area (Å²) in [5, 5.41) is 0. The van der Waals surface area contributed by atoms with Gasteiger partial charge in [0.15, 0.2) is 0 Å². The number of carbonyl (C=O) groups is 1. The van der Waals surface area contributed by atoms with E-state index in [1.165, 1.54) is 18.2 Å². The number of sulfonamides is 1. The topological polar surface area (TPSA) is 66.5 Å². The first-order valence-corrected chi connectivity index (χ1v) is 12.7. The maximum Gasteiger partial charge on any atom is 0.416 e. The molecule has 34 heavy (non-hydrogen) atoms. The Kier molecular flexibility index (Phi) is 6.74. The van der Waals surface area contributed by atoms with Crippen molar-refractivity contribution in [1.29, 1.82) is 0 Å². The highest BCUT2D eigenvalue weighted by Crippen LogP contribution is 2.44. The Morgan fingerprint density at radius 3 is 2.21 bits per heavy atom. The molecule has 0 radical (unpaired) electrons. The highest BCUT2D eigenvalue weighted by atomic mass is 32.2. The molecule has 0 bridgehead atoms. The summed E-state index contributed by atoms with van der Waals surface area (Å²) in [7, 11) is -3.83. The van der Waals surface area contributed by atoms with Crippen molar-refractivity contribution in [2.45, 2.75) is 61.1 Å². The molecule has 0 atom stereocenters. The lowest BCUT2D eigenvalue weighted by atomic mass is 9.76. The summed E-state index contributed by atoms with van der Waals surface area (Å²) in [5.41, 5.74) is -1.36. The molecule has 1 saturated heterocycles. The fourth-order valence-corrected chi connectivity index (χ4v) is 6.31. The minimum Gasteiger partial charge on any atom is -0.342 e. The van der Waals surface area contributed by atoms with Crippen LogP contribution in [0.4, 0.5) is 17.6 Å². The Bertz CT molecular complexity index is 1140. The zero-order valence-electron chi connectivity index (χ0n) is 18.4. The Morgan fingerprint density at radius 2 is 1.62 bits per heavy atom. The number of piperidine rings is 1. The second-order valence-electron chi connectivity index (χ2n) is 9.01. The number of hydrogen-bond donors (Lipinski definition) is 1. The number of amides is 1. The quantitative estimate of drug-likeness (QED) is 0.612. The van der Waals surface area contributed by atoms with Gasteiger partial charge < -0.3 is 4.90 Å². The molecule has 184 valence electrons. The minimum absolute atomic E-state index is 0.0399. The first-order chi connectivity index (χ1) is 16.0. The van der Waals surface area contributed by atoms with Gasteiger partial charge in [-0.1, -0.05) is 31.0 Å². The molecule has 5 nitrogen and oxygen atoms in total. The molecule has 10 heteroatoms. The number of nitrogens with zero attached hydrogens (tertiary/aromatic N) is 1. The summed E-state index contributed by atoms with van der Waals surface area (Å²) in [6.45, 7) is 0.603. The molecule has 1 aliphatic carbocycles. The van der Waals surface area contributed by atoms with Crippen LogP contribution >= 0.6 is 0 Å². The maximum absolute atomic E-state index is 13.6. The molecule has 2 aliphatic rings. The van der Waals surface area contributed by atoms with Crippen LogP contribution in [-0.2, 0) is 26.4 Å². The Labute approximate surface area is 196 Å². The van der Waals surface area contributed by atoms with Crippen molar-refractivity contribution in [2.75, 3.05) is 13.1 Å². The number of hydrogen-bond acceptors (Lipinski definition) is 3. The van der Waals surface area contributed by atoms with Gasteiger partial charge in [0.1, 0.15) is 5.82 Å². The number of alkyl halides is 3. The molecule has 2 aromatic rings. The number of likely N-dealkylation sites (tertiary alicyclic amines) is 1. The monoisotopic (exact) mass is 498 g/mol. The van der Waals surface area contributed by atoms with Gasteiger partial charge in [-0.15, -0.1) is 0 Å². The fraction of sp³-hybridized carbons (Fsp3) is 0.458. The molecule has 0 spiro atoms. The number of carbonyl (C=O) groups excluding carboxylic acids is 1. The molecule has 2 aromatic carbocycles. The SMILES string of the molecule is O=C(N1CCC(NS(=O)(=O)c2ccc(F)cc2)CC1)C1(c2cccc(C(F)(F)F)c2)CCCC1. The second kappa shape index (κ2) is 9.30. The van der Waals surface area contributed by atoms with Gasteiger partial charge in [0.05, 0.1) is 15.9 Å². The number of rotatable bonds is 5. The summed E-state index contributed by atoms with van der Waals surface area (Å²) in [5.74, 6) is -0.725. The predicted molar refractivity (Wildman–Crippen MR) is 118 cm³/mol. The Morgan fingerprint density at radius 1 is 1.00 bits per heavy atom. The van der Waals surface area contributed by atoms with Crippen molar-refractivity contribution >= 4 is 15.9 Å². The molecular formula is C24H26F4N2O3S. The standard InChI is InChI=1S/C24H26F4N2O3S/c25-19-6-8-21(9-7-19)34(32,33)29-20-10-14-30(15-11-20)22(31)23(12-1-2-13-23)17-4-3-5-18(16-17)24(26,27)28/h3-9,16,20,29H,1-2,10-15H2. The van der Waals surface area contributed by atoms with E-state index in [0.717, 1.165) is 37.1 Å². The van der Waals surface area contributed by atoms with Gasteiger partial charge in [0.2, 0.25) is 15.9 Å². The van der Waals surface area contributed by atoms with Crippen LogP contribution in [0.2, 0.25) is 0 Å². The minimum atomic E-state index is -4.49. The van der Waals surface area contributed by atoms with Crippen LogP contribution in [0, 0.1) is 5.82 Å². The third kappa shape index (κ3) is 4.98.